The molecule has 84 valence electrons. The van der Waals surface area contributed by atoms with Crippen molar-refractivity contribution in [2.75, 3.05) is 12.0 Å². The van der Waals surface area contributed by atoms with Crippen molar-refractivity contribution in [1.82, 2.24) is 0 Å². The van der Waals surface area contributed by atoms with Gasteiger partial charge < -0.3 is 9.84 Å². The Morgan fingerprint density at radius 3 is 2.38 bits per heavy atom. The van der Waals surface area contributed by atoms with Gasteiger partial charge in [0, 0.05) is 0 Å². The molecule has 2 rings (SSSR count). The van der Waals surface area contributed by atoms with Gasteiger partial charge in [0.15, 0.2) is 0 Å². The largest absolute Gasteiger partial charge is 0.497 e. The minimum absolute atomic E-state index is 0.148. The van der Waals surface area contributed by atoms with Crippen molar-refractivity contribution < 1.29 is 19.4 Å². The van der Waals surface area contributed by atoms with E-state index in [0.717, 1.165) is 4.90 Å². The van der Waals surface area contributed by atoms with Gasteiger partial charge in [0.1, 0.15) is 11.9 Å². The van der Waals surface area contributed by atoms with Crippen molar-refractivity contribution >= 4 is 17.5 Å². The Balaban J connectivity index is 2.30. The van der Waals surface area contributed by atoms with Crippen molar-refractivity contribution in [2.24, 2.45) is 0 Å². The zero-order valence-corrected chi connectivity index (χ0v) is 8.71. The zero-order valence-electron chi connectivity index (χ0n) is 8.71. The van der Waals surface area contributed by atoms with Gasteiger partial charge in [-0.15, -0.1) is 0 Å². The molecule has 1 aliphatic heterocycles. The Morgan fingerprint density at radius 1 is 1.31 bits per heavy atom. The monoisotopic (exact) mass is 221 g/mol. The van der Waals surface area contributed by atoms with E-state index in [4.69, 9.17) is 4.74 Å². The molecule has 0 unspecified atom stereocenters. The molecule has 1 heterocycles. The van der Waals surface area contributed by atoms with Gasteiger partial charge in [-0.25, -0.2) is 4.90 Å². The SMILES string of the molecule is COc1ccc(N2C(=O)C[C@@H](O)C2=O)cc1. The third-order valence-electron chi connectivity index (χ3n) is 2.45. The van der Waals surface area contributed by atoms with Gasteiger partial charge in [-0.2, -0.15) is 0 Å². The number of methoxy groups -OCH3 is 1. The number of carbonyl (C=O) groups is 2. The topological polar surface area (TPSA) is 66.8 Å². The minimum atomic E-state index is -1.21. The lowest BCUT2D eigenvalue weighted by atomic mass is 10.3. The lowest BCUT2D eigenvalue weighted by Gasteiger charge is -2.14. The predicted octanol–water partition coefficient (Wildman–Crippen LogP) is 0.319. The summed E-state index contributed by atoms with van der Waals surface area (Å²) >= 11 is 0. The number of hydrogen-bond acceptors (Lipinski definition) is 4. The molecule has 0 radical (unpaired) electrons. The van der Waals surface area contributed by atoms with Crippen LogP contribution in [-0.4, -0.2) is 30.1 Å². The smallest absolute Gasteiger partial charge is 0.263 e. The second kappa shape index (κ2) is 3.94. The van der Waals surface area contributed by atoms with Crippen LogP contribution in [0.4, 0.5) is 5.69 Å². The second-order valence-corrected chi connectivity index (χ2v) is 3.49. The van der Waals surface area contributed by atoms with Crippen LogP contribution in [0.2, 0.25) is 0 Å². The molecule has 0 aromatic heterocycles. The number of anilines is 1. The highest BCUT2D eigenvalue weighted by Crippen LogP contribution is 2.24. The Hall–Kier alpha value is -1.88. The highest BCUT2D eigenvalue weighted by Gasteiger charge is 2.38. The molecule has 0 bridgehead atoms. The van der Waals surface area contributed by atoms with E-state index in [1.54, 1.807) is 24.3 Å². The first kappa shape index (κ1) is 10.6. The molecule has 5 heteroatoms. The number of amides is 2. The first-order chi connectivity index (χ1) is 7.63. The molecular weight excluding hydrogens is 210 g/mol. The van der Waals surface area contributed by atoms with Crippen LogP contribution in [0, 0.1) is 0 Å². The summed E-state index contributed by atoms with van der Waals surface area (Å²) in [6, 6.07) is 6.51. The number of aliphatic hydroxyl groups is 1. The van der Waals surface area contributed by atoms with Gasteiger partial charge in [-0.1, -0.05) is 0 Å². The summed E-state index contributed by atoms with van der Waals surface area (Å²) < 4.78 is 4.97. The molecule has 1 aromatic rings. The Morgan fingerprint density at radius 2 is 1.94 bits per heavy atom. The van der Waals surface area contributed by atoms with E-state index < -0.39 is 12.0 Å². The van der Waals surface area contributed by atoms with Crippen LogP contribution in [0.25, 0.3) is 0 Å². The van der Waals surface area contributed by atoms with E-state index in [-0.39, 0.29) is 12.3 Å². The lowest BCUT2D eigenvalue weighted by Crippen LogP contribution is -2.31. The molecule has 1 aromatic carbocycles. The number of nitrogens with zero attached hydrogens (tertiary/aromatic N) is 1. The maximum absolute atomic E-state index is 11.5. The van der Waals surface area contributed by atoms with E-state index in [0.29, 0.717) is 11.4 Å². The van der Waals surface area contributed by atoms with Crippen LogP contribution in [-0.2, 0) is 9.59 Å². The van der Waals surface area contributed by atoms with Gasteiger partial charge in [0.05, 0.1) is 19.2 Å². The highest BCUT2D eigenvalue weighted by molar-refractivity contribution is 6.21. The molecule has 0 spiro atoms. The summed E-state index contributed by atoms with van der Waals surface area (Å²) in [6.07, 6.45) is -1.36. The van der Waals surface area contributed by atoms with Gasteiger partial charge >= 0.3 is 0 Å². The average molecular weight is 221 g/mol. The highest BCUT2D eigenvalue weighted by atomic mass is 16.5. The Kier molecular flexibility index (Phi) is 2.62. The molecule has 0 saturated carbocycles. The molecule has 16 heavy (non-hydrogen) atoms. The van der Waals surface area contributed by atoms with Gasteiger partial charge in [-0.3, -0.25) is 9.59 Å². The summed E-state index contributed by atoms with van der Waals surface area (Å²) in [6.45, 7) is 0. The predicted molar refractivity (Wildman–Crippen MR) is 56.1 cm³/mol. The standard InChI is InChI=1S/C11H11NO4/c1-16-8-4-2-7(3-5-8)12-10(14)6-9(13)11(12)15/h2-5,9,13H,6H2,1H3/t9-/m1/s1. The fourth-order valence-corrected chi connectivity index (χ4v) is 1.62. The number of rotatable bonds is 2. The number of benzene rings is 1. The van der Waals surface area contributed by atoms with Gasteiger partial charge in [0.25, 0.3) is 5.91 Å². The van der Waals surface area contributed by atoms with Crippen LogP contribution in [0.1, 0.15) is 6.42 Å². The molecule has 1 fully saturated rings. The van der Waals surface area contributed by atoms with Crippen LogP contribution in [0.5, 0.6) is 5.75 Å². The van der Waals surface area contributed by atoms with Gasteiger partial charge in [0.2, 0.25) is 5.91 Å². The van der Waals surface area contributed by atoms with Crippen LogP contribution in [0.15, 0.2) is 24.3 Å². The van der Waals surface area contributed by atoms with Crippen LogP contribution < -0.4 is 9.64 Å². The maximum atomic E-state index is 11.5. The summed E-state index contributed by atoms with van der Waals surface area (Å²) in [4.78, 5) is 23.9. The normalized spacial score (nSPS) is 20.4. The molecule has 5 nitrogen and oxygen atoms in total. The quantitative estimate of drug-likeness (QED) is 0.730. The van der Waals surface area contributed by atoms with E-state index in [1.165, 1.54) is 7.11 Å². The van der Waals surface area contributed by atoms with E-state index in [9.17, 15) is 14.7 Å². The molecular formula is C11H11NO4. The van der Waals surface area contributed by atoms with Crippen molar-refractivity contribution in [3.8, 4) is 5.75 Å². The Bertz CT molecular complexity index is 426. The fourth-order valence-electron chi connectivity index (χ4n) is 1.62. The van der Waals surface area contributed by atoms with Crippen molar-refractivity contribution in [1.29, 1.82) is 0 Å². The number of ether oxygens (including phenoxy) is 1. The lowest BCUT2D eigenvalue weighted by molar-refractivity contribution is -0.124. The first-order valence-electron chi connectivity index (χ1n) is 4.82. The maximum Gasteiger partial charge on any atom is 0.263 e. The second-order valence-electron chi connectivity index (χ2n) is 3.49. The summed E-state index contributed by atoms with van der Waals surface area (Å²) in [5.41, 5.74) is 0.451. The van der Waals surface area contributed by atoms with E-state index in [1.807, 2.05) is 0 Å². The molecule has 2 amide bonds. The summed E-state index contributed by atoms with van der Waals surface area (Å²) in [5.74, 6) is -0.318. The van der Waals surface area contributed by atoms with Gasteiger partial charge in [-0.05, 0) is 24.3 Å². The fraction of sp³-hybridized carbons (Fsp3) is 0.273. The number of aliphatic hydroxyl groups excluding tert-OH is 1. The molecule has 1 N–H and O–H groups in total. The molecule has 1 saturated heterocycles. The third kappa shape index (κ3) is 1.65. The van der Waals surface area contributed by atoms with E-state index in [2.05, 4.69) is 0 Å². The van der Waals surface area contributed by atoms with E-state index >= 15 is 0 Å². The van der Waals surface area contributed by atoms with Crippen molar-refractivity contribution in [3.05, 3.63) is 24.3 Å². The first-order valence-corrected chi connectivity index (χ1v) is 4.82. The summed E-state index contributed by atoms with van der Waals surface area (Å²) in [7, 11) is 1.53. The Labute approximate surface area is 92.2 Å². The molecule has 1 atom stereocenters. The molecule has 1 aliphatic rings. The third-order valence-corrected chi connectivity index (χ3v) is 2.45. The number of hydrogen-bond donors (Lipinski definition) is 1. The number of imide groups is 1. The van der Waals surface area contributed by atoms with Crippen molar-refractivity contribution in [3.63, 3.8) is 0 Å². The molecule has 0 aliphatic carbocycles. The van der Waals surface area contributed by atoms with Crippen LogP contribution in [0.3, 0.4) is 0 Å². The zero-order chi connectivity index (χ0) is 11.7. The summed E-state index contributed by atoms with van der Waals surface area (Å²) in [5, 5.41) is 9.26. The minimum Gasteiger partial charge on any atom is -0.497 e. The average Bonchev–Trinajstić information content (AvgIpc) is 2.54. The van der Waals surface area contributed by atoms with Crippen LogP contribution >= 0.6 is 0 Å². The number of carbonyl (C=O) groups excluding carboxylic acids is 2. The van der Waals surface area contributed by atoms with Crippen molar-refractivity contribution in [2.45, 2.75) is 12.5 Å².